The minimum atomic E-state index is 0.657. The predicted molar refractivity (Wildman–Crippen MR) is 170 cm³/mol. The highest BCUT2D eigenvalue weighted by Gasteiger charge is 2.16. The standard InChI is InChI=1S/C37H24N2S/c1-24-8-3-5-11-31(24)37-39-36-34(33-13-7-10-28-9-4-6-12-32(28)33)22-29(23-35(36)40-37)27-16-14-25(15-17-27)26-18-20-30(38-2)21-19-26/h3-23H,1H3. The Labute approximate surface area is 237 Å². The first-order valence-electron chi connectivity index (χ1n) is 13.2. The van der Waals surface area contributed by atoms with Gasteiger partial charge in [0.25, 0.3) is 0 Å². The predicted octanol–water partition coefficient (Wildman–Crippen LogP) is 11.0. The van der Waals surface area contributed by atoms with E-state index in [1.807, 2.05) is 24.3 Å². The Morgan fingerprint density at radius 2 is 1.23 bits per heavy atom. The first-order chi connectivity index (χ1) is 19.7. The van der Waals surface area contributed by atoms with Crippen LogP contribution in [0.2, 0.25) is 0 Å². The first kappa shape index (κ1) is 24.0. The van der Waals surface area contributed by atoms with Crippen molar-refractivity contribution < 1.29 is 0 Å². The van der Waals surface area contributed by atoms with E-state index in [2.05, 4.69) is 115 Å². The molecule has 7 rings (SSSR count). The van der Waals surface area contributed by atoms with Gasteiger partial charge in [0.05, 0.1) is 16.8 Å². The van der Waals surface area contributed by atoms with Gasteiger partial charge in [0.1, 0.15) is 5.01 Å². The molecule has 0 unspecified atom stereocenters. The fourth-order valence-corrected chi connectivity index (χ4v) is 6.50. The smallest absolute Gasteiger partial charge is 0.187 e. The number of benzene rings is 6. The highest BCUT2D eigenvalue weighted by molar-refractivity contribution is 7.21. The van der Waals surface area contributed by atoms with Crippen LogP contribution in [-0.4, -0.2) is 4.98 Å². The van der Waals surface area contributed by atoms with Crippen molar-refractivity contribution in [2.45, 2.75) is 6.92 Å². The second-order valence-corrected chi connectivity index (χ2v) is 11.0. The van der Waals surface area contributed by atoms with Crippen LogP contribution in [0.3, 0.4) is 0 Å². The first-order valence-corrected chi connectivity index (χ1v) is 14.1. The van der Waals surface area contributed by atoms with Crippen molar-refractivity contribution in [2.24, 2.45) is 0 Å². The summed E-state index contributed by atoms with van der Waals surface area (Å²) in [5.41, 5.74) is 11.0. The molecule has 0 saturated heterocycles. The number of aryl methyl sites for hydroxylation is 1. The number of rotatable bonds is 4. The summed E-state index contributed by atoms with van der Waals surface area (Å²) in [5, 5.41) is 3.50. The average Bonchev–Trinajstić information content (AvgIpc) is 3.45. The van der Waals surface area contributed by atoms with Crippen LogP contribution < -0.4 is 0 Å². The summed E-state index contributed by atoms with van der Waals surface area (Å²) in [7, 11) is 0. The fraction of sp³-hybridized carbons (Fsp3) is 0.0270. The van der Waals surface area contributed by atoms with Gasteiger partial charge in [0.15, 0.2) is 5.69 Å². The van der Waals surface area contributed by atoms with Crippen LogP contribution in [-0.2, 0) is 0 Å². The van der Waals surface area contributed by atoms with Crippen molar-refractivity contribution in [1.82, 2.24) is 4.98 Å². The van der Waals surface area contributed by atoms with Gasteiger partial charge in [-0.3, -0.25) is 0 Å². The van der Waals surface area contributed by atoms with Crippen molar-refractivity contribution in [1.29, 1.82) is 0 Å². The van der Waals surface area contributed by atoms with Crippen LogP contribution in [0.25, 0.3) is 69.8 Å². The Balaban J connectivity index is 1.41. The molecule has 7 aromatic rings. The third kappa shape index (κ3) is 4.25. The summed E-state index contributed by atoms with van der Waals surface area (Å²) in [5.74, 6) is 0. The molecule has 0 saturated carbocycles. The molecule has 0 spiro atoms. The molecule has 3 heteroatoms. The highest BCUT2D eigenvalue weighted by atomic mass is 32.1. The highest BCUT2D eigenvalue weighted by Crippen LogP contribution is 2.42. The SMILES string of the molecule is [C-]#[N+]c1ccc(-c2ccc(-c3cc(-c4cccc5ccccc45)c4nc(-c5ccccc5C)sc4c3)cc2)cc1. The number of thiazole rings is 1. The number of nitrogens with zero attached hydrogens (tertiary/aromatic N) is 2. The third-order valence-electron chi connectivity index (χ3n) is 7.50. The summed E-state index contributed by atoms with van der Waals surface area (Å²) in [6.07, 6.45) is 0. The number of aromatic nitrogens is 1. The van der Waals surface area contributed by atoms with Crippen LogP contribution in [0.5, 0.6) is 0 Å². The van der Waals surface area contributed by atoms with E-state index in [0.717, 1.165) is 32.8 Å². The van der Waals surface area contributed by atoms with E-state index in [0.29, 0.717) is 5.69 Å². The fourth-order valence-electron chi connectivity index (χ4n) is 5.37. The zero-order chi connectivity index (χ0) is 27.1. The summed E-state index contributed by atoms with van der Waals surface area (Å²) in [4.78, 5) is 8.73. The second-order valence-electron chi connectivity index (χ2n) is 9.97. The van der Waals surface area contributed by atoms with E-state index < -0.39 is 0 Å². The van der Waals surface area contributed by atoms with Gasteiger partial charge in [0, 0.05) is 11.1 Å². The molecule has 1 heterocycles. The van der Waals surface area contributed by atoms with Crippen LogP contribution in [0.4, 0.5) is 5.69 Å². The Hall–Kier alpha value is -5.04. The van der Waals surface area contributed by atoms with Gasteiger partial charge in [-0.2, -0.15) is 0 Å². The Kier molecular flexibility index (Phi) is 5.96. The molecule has 0 bridgehead atoms. The minimum absolute atomic E-state index is 0.657. The molecule has 188 valence electrons. The number of fused-ring (bicyclic) bond motifs is 2. The van der Waals surface area contributed by atoms with Gasteiger partial charge in [-0.1, -0.05) is 115 Å². The molecule has 2 nitrogen and oxygen atoms in total. The maximum Gasteiger partial charge on any atom is 0.187 e. The molecule has 0 atom stereocenters. The maximum absolute atomic E-state index is 7.21. The van der Waals surface area contributed by atoms with Crippen LogP contribution >= 0.6 is 11.3 Å². The van der Waals surface area contributed by atoms with E-state index in [1.165, 1.54) is 37.7 Å². The number of hydrogen-bond acceptors (Lipinski definition) is 2. The molecule has 0 radical (unpaired) electrons. The zero-order valence-electron chi connectivity index (χ0n) is 21.9. The second kappa shape index (κ2) is 9.93. The lowest BCUT2D eigenvalue weighted by Crippen LogP contribution is -1.87. The third-order valence-corrected chi connectivity index (χ3v) is 8.53. The minimum Gasteiger partial charge on any atom is -0.238 e. The molecule has 6 aromatic carbocycles. The lowest BCUT2D eigenvalue weighted by Gasteiger charge is -2.11. The molecule has 0 aliphatic carbocycles. The molecule has 1 aromatic heterocycles. The zero-order valence-corrected chi connectivity index (χ0v) is 22.7. The monoisotopic (exact) mass is 528 g/mol. The van der Waals surface area contributed by atoms with Crippen molar-refractivity contribution in [2.75, 3.05) is 0 Å². The lowest BCUT2D eigenvalue weighted by atomic mass is 9.93. The lowest BCUT2D eigenvalue weighted by molar-refractivity contribution is 1.41. The summed E-state index contributed by atoms with van der Waals surface area (Å²) >= 11 is 1.76. The number of hydrogen-bond donors (Lipinski definition) is 0. The van der Waals surface area contributed by atoms with Gasteiger partial charge in [-0.05, 0) is 63.2 Å². The van der Waals surface area contributed by atoms with Crippen LogP contribution in [0, 0.1) is 13.5 Å². The van der Waals surface area contributed by atoms with Gasteiger partial charge in [-0.15, -0.1) is 11.3 Å². The van der Waals surface area contributed by atoms with Crippen molar-refractivity contribution in [3.63, 3.8) is 0 Å². The largest absolute Gasteiger partial charge is 0.238 e. The van der Waals surface area contributed by atoms with Gasteiger partial charge in [0.2, 0.25) is 0 Å². The van der Waals surface area contributed by atoms with Gasteiger partial charge in [-0.25, -0.2) is 9.83 Å². The molecular weight excluding hydrogens is 504 g/mol. The summed E-state index contributed by atoms with van der Waals surface area (Å²) < 4.78 is 1.18. The molecule has 0 aliphatic heterocycles. The quantitative estimate of drug-likeness (QED) is 0.208. The molecule has 0 aliphatic rings. The topological polar surface area (TPSA) is 17.2 Å². The molecule has 0 amide bonds. The van der Waals surface area contributed by atoms with E-state index >= 15 is 0 Å². The van der Waals surface area contributed by atoms with Crippen LogP contribution in [0.15, 0.2) is 127 Å². The summed E-state index contributed by atoms with van der Waals surface area (Å²) in [6, 6.07) is 44.6. The average molecular weight is 529 g/mol. The van der Waals surface area contributed by atoms with Gasteiger partial charge < -0.3 is 0 Å². The van der Waals surface area contributed by atoms with Crippen molar-refractivity contribution >= 4 is 38.0 Å². The Morgan fingerprint density at radius 1 is 0.600 bits per heavy atom. The molecular formula is C37H24N2S. The van der Waals surface area contributed by atoms with Crippen molar-refractivity contribution in [3.05, 3.63) is 144 Å². The normalized spacial score (nSPS) is 11.1. The molecule has 40 heavy (non-hydrogen) atoms. The Morgan fingerprint density at radius 3 is 1.98 bits per heavy atom. The Bertz CT molecular complexity index is 2050. The van der Waals surface area contributed by atoms with E-state index in [9.17, 15) is 0 Å². The van der Waals surface area contributed by atoms with E-state index in [4.69, 9.17) is 11.6 Å². The van der Waals surface area contributed by atoms with Gasteiger partial charge >= 0.3 is 0 Å². The van der Waals surface area contributed by atoms with E-state index in [-0.39, 0.29) is 0 Å². The molecule has 0 N–H and O–H groups in total. The summed E-state index contributed by atoms with van der Waals surface area (Å²) in [6.45, 7) is 9.35. The van der Waals surface area contributed by atoms with Crippen LogP contribution in [0.1, 0.15) is 5.56 Å². The van der Waals surface area contributed by atoms with E-state index in [1.54, 1.807) is 11.3 Å². The maximum atomic E-state index is 7.21. The molecule has 0 fully saturated rings. The van der Waals surface area contributed by atoms with Crippen molar-refractivity contribution in [3.8, 4) is 44.0 Å².